The van der Waals surface area contributed by atoms with Crippen molar-refractivity contribution in [2.24, 2.45) is 11.8 Å². The van der Waals surface area contributed by atoms with E-state index < -0.39 is 22.2 Å². The predicted octanol–water partition coefficient (Wildman–Crippen LogP) is 3.79. The molecule has 0 aliphatic heterocycles. The van der Waals surface area contributed by atoms with Gasteiger partial charge in [-0.25, -0.2) is 4.39 Å². The number of halogens is 2. The second kappa shape index (κ2) is 6.93. The standard InChI is InChI=1S/C15H20F2N2O2/c1-10-3-2-4-11(5-10)8-18-9-12-6-15(19(20)21)14(17)7-13(12)16/h6-7,10-11,18H,2-5,8-9H2,1H3. The van der Waals surface area contributed by atoms with Gasteiger partial charge >= 0.3 is 5.69 Å². The van der Waals surface area contributed by atoms with Crippen molar-refractivity contribution in [3.05, 3.63) is 39.4 Å². The Bertz CT molecular complexity index is 523. The van der Waals surface area contributed by atoms with Gasteiger partial charge < -0.3 is 5.32 Å². The maximum Gasteiger partial charge on any atom is 0.305 e. The van der Waals surface area contributed by atoms with Crippen LogP contribution in [0, 0.1) is 33.6 Å². The summed E-state index contributed by atoms with van der Waals surface area (Å²) in [6, 6.07) is 1.55. The van der Waals surface area contributed by atoms with Gasteiger partial charge in [0.2, 0.25) is 5.82 Å². The summed E-state index contributed by atoms with van der Waals surface area (Å²) >= 11 is 0. The van der Waals surface area contributed by atoms with Gasteiger partial charge in [-0.15, -0.1) is 0 Å². The highest BCUT2D eigenvalue weighted by Gasteiger charge is 2.20. The molecule has 0 saturated heterocycles. The lowest BCUT2D eigenvalue weighted by Gasteiger charge is -2.26. The number of nitrogens with one attached hydrogen (secondary N) is 1. The van der Waals surface area contributed by atoms with Crippen LogP contribution in [0.2, 0.25) is 0 Å². The average Bonchev–Trinajstić information content (AvgIpc) is 2.41. The van der Waals surface area contributed by atoms with Gasteiger partial charge in [0.15, 0.2) is 0 Å². The van der Waals surface area contributed by atoms with Gasteiger partial charge in [0.25, 0.3) is 0 Å². The highest BCUT2D eigenvalue weighted by Crippen LogP contribution is 2.28. The zero-order valence-corrected chi connectivity index (χ0v) is 12.1. The largest absolute Gasteiger partial charge is 0.312 e. The number of nitro benzene ring substituents is 1. The quantitative estimate of drug-likeness (QED) is 0.664. The maximum atomic E-state index is 13.6. The van der Waals surface area contributed by atoms with Gasteiger partial charge in [0, 0.05) is 24.2 Å². The Balaban J connectivity index is 1.93. The Morgan fingerprint density at radius 2 is 2.10 bits per heavy atom. The van der Waals surface area contributed by atoms with E-state index in [-0.39, 0.29) is 12.1 Å². The van der Waals surface area contributed by atoms with E-state index >= 15 is 0 Å². The molecule has 4 nitrogen and oxygen atoms in total. The van der Waals surface area contributed by atoms with Crippen LogP contribution >= 0.6 is 0 Å². The van der Waals surface area contributed by atoms with Crippen molar-refractivity contribution in [1.29, 1.82) is 0 Å². The summed E-state index contributed by atoms with van der Waals surface area (Å²) in [6.45, 7) is 3.17. The van der Waals surface area contributed by atoms with Crippen LogP contribution in [0.15, 0.2) is 12.1 Å². The molecule has 0 radical (unpaired) electrons. The maximum absolute atomic E-state index is 13.6. The number of hydrogen-bond acceptors (Lipinski definition) is 3. The molecule has 6 heteroatoms. The van der Waals surface area contributed by atoms with E-state index in [1.54, 1.807) is 0 Å². The van der Waals surface area contributed by atoms with Crippen LogP contribution in [0.25, 0.3) is 0 Å². The van der Waals surface area contributed by atoms with Crippen molar-refractivity contribution in [2.45, 2.75) is 39.2 Å². The molecule has 116 valence electrons. The molecule has 1 N–H and O–H groups in total. The molecule has 1 aromatic carbocycles. The van der Waals surface area contributed by atoms with Crippen LogP contribution in [0.4, 0.5) is 14.5 Å². The van der Waals surface area contributed by atoms with Crippen molar-refractivity contribution in [3.8, 4) is 0 Å². The number of nitro groups is 1. The van der Waals surface area contributed by atoms with E-state index in [0.29, 0.717) is 17.9 Å². The van der Waals surface area contributed by atoms with Gasteiger partial charge in [-0.1, -0.05) is 19.8 Å². The molecule has 21 heavy (non-hydrogen) atoms. The summed E-state index contributed by atoms with van der Waals surface area (Å²) in [5.41, 5.74) is -0.550. The molecule has 0 amide bonds. The van der Waals surface area contributed by atoms with Gasteiger partial charge in [-0.3, -0.25) is 10.1 Å². The Hall–Kier alpha value is -1.56. The van der Waals surface area contributed by atoms with Gasteiger partial charge in [0.05, 0.1) is 4.92 Å². The minimum Gasteiger partial charge on any atom is -0.312 e. The molecule has 1 aliphatic carbocycles. The van der Waals surface area contributed by atoms with E-state index in [4.69, 9.17) is 0 Å². The molecule has 1 fully saturated rings. The first kappa shape index (κ1) is 15.8. The summed E-state index contributed by atoms with van der Waals surface area (Å²) in [4.78, 5) is 9.83. The van der Waals surface area contributed by atoms with Gasteiger partial charge in [-0.2, -0.15) is 4.39 Å². The molecular formula is C15H20F2N2O2. The van der Waals surface area contributed by atoms with Crippen molar-refractivity contribution < 1.29 is 13.7 Å². The topological polar surface area (TPSA) is 55.2 Å². The van der Waals surface area contributed by atoms with Crippen molar-refractivity contribution in [3.63, 3.8) is 0 Å². The fourth-order valence-corrected chi connectivity index (χ4v) is 3.01. The van der Waals surface area contributed by atoms with Crippen LogP contribution in [0.5, 0.6) is 0 Å². The minimum atomic E-state index is -1.14. The average molecular weight is 298 g/mol. The van der Waals surface area contributed by atoms with Crippen LogP contribution < -0.4 is 5.32 Å². The SMILES string of the molecule is CC1CCCC(CNCc2cc([N+](=O)[O-])c(F)cc2F)C1. The molecule has 2 unspecified atom stereocenters. The number of nitrogens with zero attached hydrogens (tertiary/aromatic N) is 1. The fraction of sp³-hybridized carbons (Fsp3) is 0.600. The van der Waals surface area contributed by atoms with E-state index in [0.717, 1.165) is 25.5 Å². The Kier molecular flexibility index (Phi) is 5.22. The third-order valence-corrected chi connectivity index (χ3v) is 4.11. The second-order valence-electron chi connectivity index (χ2n) is 5.92. The van der Waals surface area contributed by atoms with Crippen molar-refractivity contribution in [1.82, 2.24) is 5.32 Å². The zero-order valence-electron chi connectivity index (χ0n) is 12.1. The first-order valence-electron chi connectivity index (χ1n) is 7.30. The van der Waals surface area contributed by atoms with E-state index in [9.17, 15) is 18.9 Å². The van der Waals surface area contributed by atoms with E-state index in [1.807, 2.05) is 0 Å². The first-order valence-corrected chi connectivity index (χ1v) is 7.30. The summed E-state index contributed by atoms with van der Waals surface area (Å²) < 4.78 is 26.9. The van der Waals surface area contributed by atoms with Crippen molar-refractivity contribution >= 4 is 5.69 Å². The lowest BCUT2D eigenvalue weighted by Crippen LogP contribution is -2.26. The zero-order chi connectivity index (χ0) is 15.4. The molecule has 1 aliphatic rings. The van der Waals surface area contributed by atoms with Gasteiger partial charge in [0.1, 0.15) is 5.82 Å². The molecule has 0 heterocycles. The molecular weight excluding hydrogens is 278 g/mol. The normalized spacial score (nSPS) is 22.2. The Labute approximate surface area is 122 Å². The molecule has 0 bridgehead atoms. The molecule has 0 spiro atoms. The molecule has 1 saturated carbocycles. The third kappa shape index (κ3) is 4.20. The fourth-order valence-electron chi connectivity index (χ4n) is 3.01. The Morgan fingerprint density at radius 3 is 2.76 bits per heavy atom. The summed E-state index contributed by atoms with van der Waals surface area (Å²) in [5.74, 6) is -0.605. The smallest absolute Gasteiger partial charge is 0.305 e. The highest BCUT2D eigenvalue weighted by molar-refractivity contribution is 5.37. The van der Waals surface area contributed by atoms with E-state index in [1.165, 1.54) is 12.8 Å². The highest BCUT2D eigenvalue weighted by atomic mass is 19.1. The predicted molar refractivity (Wildman–Crippen MR) is 75.8 cm³/mol. The lowest BCUT2D eigenvalue weighted by molar-refractivity contribution is -0.387. The van der Waals surface area contributed by atoms with Crippen LogP contribution in [-0.2, 0) is 6.54 Å². The van der Waals surface area contributed by atoms with E-state index in [2.05, 4.69) is 12.2 Å². The number of benzene rings is 1. The first-order chi connectivity index (χ1) is 9.97. The lowest BCUT2D eigenvalue weighted by atomic mass is 9.82. The number of hydrogen-bond donors (Lipinski definition) is 1. The van der Waals surface area contributed by atoms with Crippen molar-refractivity contribution in [2.75, 3.05) is 6.54 Å². The van der Waals surface area contributed by atoms with Crippen LogP contribution in [0.3, 0.4) is 0 Å². The third-order valence-electron chi connectivity index (χ3n) is 4.11. The second-order valence-corrected chi connectivity index (χ2v) is 5.92. The Morgan fingerprint density at radius 1 is 1.33 bits per heavy atom. The monoisotopic (exact) mass is 298 g/mol. The van der Waals surface area contributed by atoms with Crippen LogP contribution in [-0.4, -0.2) is 11.5 Å². The molecule has 2 atom stereocenters. The van der Waals surface area contributed by atoms with Crippen LogP contribution in [0.1, 0.15) is 38.2 Å². The minimum absolute atomic E-state index is 0.131. The molecule has 1 aromatic rings. The molecule has 2 rings (SSSR count). The van der Waals surface area contributed by atoms with Gasteiger partial charge in [-0.05, 0) is 31.2 Å². The summed E-state index contributed by atoms with van der Waals surface area (Å²) in [6.07, 6.45) is 4.78. The summed E-state index contributed by atoms with van der Waals surface area (Å²) in [7, 11) is 0. The number of rotatable bonds is 5. The molecule has 0 aromatic heterocycles. The summed E-state index contributed by atoms with van der Waals surface area (Å²) in [5, 5.41) is 13.8.